The topological polar surface area (TPSA) is 35.2 Å². The monoisotopic (exact) mass is 351 g/mol. The zero-order chi connectivity index (χ0) is 14.2. The number of ether oxygens (including phenoxy) is 1. The van der Waals surface area contributed by atoms with Crippen LogP contribution in [-0.4, -0.2) is 12.4 Å². The van der Waals surface area contributed by atoms with Crippen LogP contribution in [0.15, 0.2) is 57.9 Å². The lowest BCUT2D eigenvalue weighted by Crippen LogP contribution is -2.00. The second-order valence-electron chi connectivity index (χ2n) is 4.33. The van der Waals surface area contributed by atoms with Crippen LogP contribution in [-0.2, 0) is 6.54 Å². The van der Waals surface area contributed by atoms with Crippen LogP contribution in [0, 0.1) is 0 Å². The van der Waals surface area contributed by atoms with Crippen LogP contribution in [0.25, 0.3) is 0 Å². The van der Waals surface area contributed by atoms with Gasteiger partial charge in [0, 0.05) is 21.7 Å². The van der Waals surface area contributed by atoms with E-state index in [0.29, 0.717) is 6.54 Å². The van der Waals surface area contributed by atoms with Gasteiger partial charge in [0.25, 0.3) is 0 Å². The minimum absolute atomic E-state index is 0.551. The predicted molar refractivity (Wildman–Crippen MR) is 89.3 cm³/mol. The first-order chi connectivity index (χ1) is 9.79. The fourth-order valence-corrected chi connectivity index (χ4v) is 3.25. The summed E-state index contributed by atoms with van der Waals surface area (Å²) in [6, 6.07) is 16.2. The maximum Gasteiger partial charge on any atom is 0.119 e. The molecule has 4 heteroatoms. The molecule has 2 rings (SSSR count). The van der Waals surface area contributed by atoms with Gasteiger partial charge >= 0.3 is 0 Å². The molecule has 0 fully saturated rings. The van der Waals surface area contributed by atoms with Crippen molar-refractivity contribution in [1.29, 1.82) is 0 Å². The molecule has 0 aliphatic carbocycles. The van der Waals surface area contributed by atoms with E-state index in [2.05, 4.69) is 34.1 Å². The number of halogens is 1. The Bertz CT molecular complexity index is 548. The number of hydrogen-bond acceptors (Lipinski definition) is 3. The Labute approximate surface area is 132 Å². The molecule has 0 aliphatic rings. The maximum absolute atomic E-state index is 5.74. The Hall–Kier alpha value is -0.970. The van der Waals surface area contributed by atoms with Crippen LogP contribution >= 0.6 is 27.7 Å². The Kier molecular flexibility index (Phi) is 6.43. The summed E-state index contributed by atoms with van der Waals surface area (Å²) in [7, 11) is 0. The van der Waals surface area contributed by atoms with E-state index in [4.69, 9.17) is 10.5 Å². The lowest BCUT2D eigenvalue weighted by Gasteiger charge is -2.08. The molecule has 0 saturated carbocycles. The smallest absolute Gasteiger partial charge is 0.119 e. The van der Waals surface area contributed by atoms with Gasteiger partial charge in [-0.3, -0.25) is 0 Å². The highest BCUT2D eigenvalue weighted by Gasteiger charge is 2.00. The Morgan fingerprint density at radius 1 is 1.10 bits per heavy atom. The van der Waals surface area contributed by atoms with E-state index in [1.807, 2.05) is 42.1 Å². The molecule has 2 nitrogen and oxygen atoms in total. The molecule has 0 spiro atoms. The van der Waals surface area contributed by atoms with Gasteiger partial charge in [0.05, 0.1) is 6.61 Å². The summed E-state index contributed by atoms with van der Waals surface area (Å²) in [4.78, 5) is 1.28. The molecule has 2 N–H and O–H groups in total. The zero-order valence-corrected chi connectivity index (χ0v) is 13.6. The molecular formula is C16H18BrNOS. The summed E-state index contributed by atoms with van der Waals surface area (Å²) in [5, 5.41) is 0. The Morgan fingerprint density at radius 2 is 1.95 bits per heavy atom. The molecular weight excluding hydrogens is 334 g/mol. The second kappa shape index (κ2) is 8.35. The van der Waals surface area contributed by atoms with Crippen molar-refractivity contribution in [3.8, 4) is 5.75 Å². The van der Waals surface area contributed by atoms with E-state index in [-0.39, 0.29) is 0 Å². The molecule has 0 heterocycles. The molecule has 106 valence electrons. The van der Waals surface area contributed by atoms with Gasteiger partial charge in [-0.05, 0) is 52.2 Å². The minimum Gasteiger partial charge on any atom is -0.494 e. The summed E-state index contributed by atoms with van der Waals surface area (Å²) in [6.07, 6.45) is 1.01. The SMILES string of the molecule is NCc1cccc(OCCCSc2ccccc2Br)c1. The first-order valence-electron chi connectivity index (χ1n) is 6.59. The van der Waals surface area contributed by atoms with E-state index in [0.717, 1.165) is 34.6 Å². The van der Waals surface area contributed by atoms with Crippen molar-refractivity contribution in [1.82, 2.24) is 0 Å². The molecule has 2 aromatic carbocycles. The van der Waals surface area contributed by atoms with Crippen molar-refractivity contribution in [2.75, 3.05) is 12.4 Å². The van der Waals surface area contributed by atoms with E-state index in [1.165, 1.54) is 4.90 Å². The predicted octanol–water partition coefficient (Wildman–Crippen LogP) is 4.47. The van der Waals surface area contributed by atoms with Gasteiger partial charge in [-0.25, -0.2) is 0 Å². The normalized spacial score (nSPS) is 10.5. The van der Waals surface area contributed by atoms with Gasteiger partial charge < -0.3 is 10.5 Å². The molecule has 2 aromatic rings. The van der Waals surface area contributed by atoms with Crippen molar-refractivity contribution in [2.45, 2.75) is 17.9 Å². The van der Waals surface area contributed by atoms with Crippen molar-refractivity contribution in [3.05, 3.63) is 58.6 Å². The van der Waals surface area contributed by atoms with E-state index in [9.17, 15) is 0 Å². The summed E-state index contributed by atoms with van der Waals surface area (Å²) < 4.78 is 6.89. The van der Waals surface area contributed by atoms with E-state index >= 15 is 0 Å². The first kappa shape index (κ1) is 15.4. The standard InChI is InChI=1S/C16H18BrNOS/c17-15-7-1-2-8-16(15)20-10-4-9-19-14-6-3-5-13(11-14)12-18/h1-3,5-8,11H,4,9-10,12,18H2. The molecule has 0 bridgehead atoms. The average Bonchev–Trinajstić information content (AvgIpc) is 2.49. The Morgan fingerprint density at radius 3 is 2.75 bits per heavy atom. The van der Waals surface area contributed by atoms with Gasteiger partial charge in [-0.2, -0.15) is 0 Å². The van der Waals surface area contributed by atoms with Crippen molar-refractivity contribution in [3.63, 3.8) is 0 Å². The zero-order valence-electron chi connectivity index (χ0n) is 11.2. The summed E-state index contributed by atoms with van der Waals surface area (Å²) in [6.45, 7) is 1.28. The van der Waals surface area contributed by atoms with Gasteiger partial charge in [-0.15, -0.1) is 11.8 Å². The van der Waals surface area contributed by atoms with Crippen molar-refractivity contribution in [2.24, 2.45) is 5.73 Å². The van der Waals surface area contributed by atoms with Gasteiger partial charge in [0.2, 0.25) is 0 Å². The van der Waals surface area contributed by atoms with E-state index < -0.39 is 0 Å². The fraction of sp³-hybridized carbons (Fsp3) is 0.250. The maximum atomic E-state index is 5.74. The molecule has 0 radical (unpaired) electrons. The second-order valence-corrected chi connectivity index (χ2v) is 6.32. The van der Waals surface area contributed by atoms with Crippen LogP contribution in [0.4, 0.5) is 0 Å². The highest BCUT2D eigenvalue weighted by Crippen LogP contribution is 2.27. The first-order valence-corrected chi connectivity index (χ1v) is 8.36. The van der Waals surface area contributed by atoms with Crippen molar-refractivity contribution >= 4 is 27.7 Å². The van der Waals surface area contributed by atoms with Gasteiger partial charge in [0.15, 0.2) is 0 Å². The van der Waals surface area contributed by atoms with Gasteiger partial charge in [-0.1, -0.05) is 24.3 Å². The summed E-state index contributed by atoms with van der Waals surface area (Å²) in [5.74, 6) is 1.94. The number of thioether (sulfide) groups is 1. The average molecular weight is 352 g/mol. The lowest BCUT2D eigenvalue weighted by molar-refractivity contribution is 0.318. The third-order valence-electron chi connectivity index (χ3n) is 2.79. The third-order valence-corrected chi connectivity index (χ3v) is 4.90. The van der Waals surface area contributed by atoms with Crippen LogP contribution in [0.5, 0.6) is 5.75 Å². The largest absolute Gasteiger partial charge is 0.494 e. The van der Waals surface area contributed by atoms with Crippen LogP contribution in [0.1, 0.15) is 12.0 Å². The number of benzene rings is 2. The van der Waals surface area contributed by atoms with E-state index in [1.54, 1.807) is 0 Å². The summed E-state index contributed by atoms with van der Waals surface area (Å²) in [5.41, 5.74) is 6.71. The molecule has 20 heavy (non-hydrogen) atoms. The highest BCUT2D eigenvalue weighted by molar-refractivity contribution is 9.10. The molecule has 0 aromatic heterocycles. The molecule has 0 atom stereocenters. The number of nitrogens with two attached hydrogens (primary N) is 1. The lowest BCUT2D eigenvalue weighted by atomic mass is 10.2. The third kappa shape index (κ3) is 4.85. The van der Waals surface area contributed by atoms with Crippen LogP contribution in [0.2, 0.25) is 0 Å². The van der Waals surface area contributed by atoms with Crippen LogP contribution < -0.4 is 10.5 Å². The van der Waals surface area contributed by atoms with Crippen molar-refractivity contribution < 1.29 is 4.74 Å². The Balaban J connectivity index is 1.70. The molecule has 0 saturated heterocycles. The molecule has 0 unspecified atom stereocenters. The highest BCUT2D eigenvalue weighted by atomic mass is 79.9. The van der Waals surface area contributed by atoms with Crippen LogP contribution in [0.3, 0.4) is 0 Å². The minimum atomic E-state index is 0.551. The van der Waals surface area contributed by atoms with Gasteiger partial charge in [0.1, 0.15) is 5.75 Å². The quantitative estimate of drug-likeness (QED) is 0.590. The summed E-state index contributed by atoms with van der Waals surface area (Å²) >= 11 is 5.40. The molecule has 0 aliphatic heterocycles. The fourth-order valence-electron chi connectivity index (χ4n) is 1.76. The number of hydrogen-bond donors (Lipinski definition) is 1. The molecule has 0 amide bonds. The number of rotatable bonds is 7.